The van der Waals surface area contributed by atoms with Gasteiger partial charge in [-0.1, -0.05) is 6.58 Å². The number of amides is 1. The first-order valence-corrected chi connectivity index (χ1v) is 8.90. The third kappa shape index (κ3) is 2.11. The zero-order valence-electron chi connectivity index (χ0n) is 15.4. The van der Waals surface area contributed by atoms with E-state index in [9.17, 15) is 39.9 Å². The van der Waals surface area contributed by atoms with E-state index in [0.717, 1.165) is 6.07 Å². The normalized spacial score (nSPS) is 30.7. The summed E-state index contributed by atoms with van der Waals surface area (Å²) >= 11 is 0. The first-order valence-electron chi connectivity index (χ1n) is 8.90. The van der Waals surface area contributed by atoms with E-state index in [4.69, 9.17) is 11.5 Å². The smallest absolute Gasteiger partial charge is 0.255 e. The molecule has 0 aliphatic heterocycles. The van der Waals surface area contributed by atoms with Crippen LogP contribution in [0.25, 0.3) is 5.57 Å². The molecular formula is C20H18N2O8. The Morgan fingerprint density at radius 2 is 1.80 bits per heavy atom. The SMILES string of the molecule is C=C1c2c(N)ccc(O)c2C(=O)C2=C(O)[C@]3(O)C(=O)C(C(N)=O)=C(O)C[C@@H]3[C@@H](O)[C@H]12. The number of nitrogen functional groups attached to an aromatic ring is 1. The van der Waals surface area contributed by atoms with Crippen LogP contribution in [-0.2, 0) is 9.59 Å². The van der Waals surface area contributed by atoms with Gasteiger partial charge < -0.3 is 37.0 Å². The second kappa shape index (κ2) is 5.94. The van der Waals surface area contributed by atoms with Crippen molar-refractivity contribution in [3.8, 4) is 5.75 Å². The van der Waals surface area contributed by atoms with E-state index in [0.29, 0.717) is 0 Å². The van der Waals surface area contributed by atoms with Crippen molar-refractivity contribution in [3.05, 3.63) is 52.5 Å². The third-order valence-corrected chi connectivity index (χ3v) is 6.12. The van der Waals surface area contributed by atoms with Gasteiger partial charge in [0.25, 0.3) is 5.91 Å². The zero-order valence-corrected chi connectivity index (χ0v) is 15.4. The molecule has 3 aliphatic carbocycles. The van der Waals surface area contributed by atoms with E-state index in [1.807, 2.05) is 0 Å². The predicted octanol–water partition coefficient (Wildman–Crippen LogP) is -0.396. The molecule has 0 saturated carbocycles. The van der Waals surface area contributed by atoms with Crippen LogP contribution in [0.5, 0.6) is 5.75 Å². The highest BCUT2D eigenvalue weighted by Crippen LogP contribution is 2.55. The minimum atomic E-state index is -2.88. The monoisotopic (exact) mass is 414 g/mol. The number of nitrogens with two attached hydrogens (primary N) is 2. The molecule has 1 amide bonds. The molecule has 10 heteroatoms. The Bertz CT molecular complexity index is 1150. The number of carbonyl (C=O) groups is 3. The van der Waals surface area contributed by atoms with Crippen LogP contribution >= 0.6 is 0 Å². The molecule has 3 aliphatic rings. The minimum absolute atomic E-state index is 0.0747. The van der Waals surface area contributed by atoms with Crippen molar-refractivity contribution in [1.29, 1.82) is 0 Å². The molecule has 0 bridgehead atoms. The number of Topliss-reactive ketones (excluding diaryl/α,β-unsaturated/α-hetero) is 2. The second-order valence-corrected chi connectivity index (χ2v) is 7.60. The fourth-order valence-electron chi connectivity index (χ4n) is 4.71. The number of phenols is 1. The number of rotatable bonds is 1. The highest BCUT2D eigenvalue weighted by atomic mass is 16.4. The first-order chi connectivity index (χ1) is 13.9. The Morgan fingerprint density at radius 3 is 2.40 bits per heavy atom. The van der Waals surface area contributed by atoms with Gasteiger partial charge in [0.2, 0.25) is 5.78 Å². The summed E-state index contributed by atoms with van der Waals surface area (Å²) in [5.74, 6) is -8.86. The summed E-state index contributed by atoms with van der Waals surface area (Å²) in [5.41, 5.74) is 6.61. The molecular weight excluding hydrogens is 396 g/mol. The number of aliphatic hydroxyl groups excluding tert-OH is 3. The lowest BCUT2D eigenvalue weighted by molar-refractivity contribution is -0.152. The van der Waals surface area contributed by atoms with Crippen LogP contribution in [-0.4, -0.2) is 54.7 Å². The number of ketones is 2. The van der Waals surface area contributed by atoms with E-state index in [2.05, 4.69) is 6.58 Å². The van der Waals surface area contributed by atoms with Gasteiger partial charge in [-0.2, -0.15) is 0 Å². The number of aliphatic hydroxyl groups is 4. The van der Waals surface area contributed by atoms with Crippen molar-refractivity contribution >= 4 is 28.7 Å². The van der Waals surface area contributed by atoms with Gasteiger partial charge in [0.15, 0.2) is 11.4 Å². The van der Waals surface area contributed by atoms with Crippen LogP contribution in [0.3, 0.4) is 0 Å². The molecule has 1 aromatic rings. The average Bonchev–Trinajstić information content (AvgIpc) is 2.66. The molecule has 156 valence electrons. The Labute approximate surface area is 169 Å². The van der Waals surface area contributed by atoms with Gasteiger partial charge in [0, 0.05) is 29.5 Å². The molecule has 4 rings (SSSR count). The molecule has 0 fully saturated rings. The Morgan fingerprint density at radius 1 is 1.17 bits per heavy atom. The van der Waals surface area contributed by atoms with Crippen molar-refractivity contribution in [3.63, 3.8) is 0 Å². The number of hydrogen-bond acceptors (Lipinski definition) is 9. The Hall–Kier alpha value is -3.63. The van der Waals surface area contributed by atoms with Gasteiger partial charge in [-0.3, -0.25) is 14.4 Å². The number of anilines is 1. The number of primary amides is 1. The minimum Gasteiger partial charge on any atom is -0.511 e. The largest absolute Gasteiger partial charge is 0.511 e. The molecule has 0 radical (unpaired) electrons. The maximum atomic E-state index is 13.2. The number of fused-ring (bicyclic) bond motifs is 3. The van der Waals surface area contributed by atoms with Crippen LogP contribution in [0.15, 0.2) is 41.4 Å². The van der Waals surface area contributed by atoms with Crippen LogP contribution in [0.2, 0.25) is 0 Å². The summed E-state index contributed by atoms with van der Waals surface area (Å²) in [5, 5.41) is 53.3. The average molecular weight is 414 g/mol. The summed E-state index contributed by atoms with van der Waals surface area (Å²) in [7, 11) is 0. The zero-order chi connectivity index (χ0) is 22.3. The summed E-state index contributed by atoms with van der Waals surface area (Å²) in [6.07, 6.45) is -2.24. The molecule has 0 heterocycles. The quantitative estimate of drug-likeness (QED) is 0.181. The maximum Gasteiger partial charge on any atom is 0.255 e. The Kier molecular flexibility index (Phi) is 3.90. The maximum absolute atomic E-state index is 13.2. The number of benzene rings is 1. The molecule has 10 nitrogen and oxygen atoms in total. The van der Waals surface area contributed by atoms with Crippen molar-refractivity contribution in [2.24, 2.45) is 17.6 Å². The van der Waals surface area contributed by atoms with Gasteiger partial charge in [-0.15, -0.1) is 0 Å². The van der Waals surface area contributed by atoms with Gasteiger partial charge in [0.05, 0.1) is 17.2 Å². The lowest BCUT2D eigenvalue weighted by atomic mass is 9.57. The highest BCUT2D eigenvalue weighted by molar-refractivity contribution is 6.25. The number of carbonyl (C=O) groups excluding carboxylic acids is 3. The number of phenolic OH excluding ortho intramolecular Hbond substituents is 1. The van der Waals surface area contributed by atoms with Crippen LogP contribution in [0.4, 0.5) is 5.69 Å². The molecule has 4 atom stereocenters. The third-order valence-electron chi connectivity index (χ3n) is 6.12. The molecule has 0 saturated heterocycles. The van der Waals surface area contributed by atoms with Gasteiger partial charge in [0.1, 0.15) is 22.8 Å². The van der Waals surface area contributed by atoms with Crippen molar-refractivity contribution in [1.82, 2.24) is 0 Å². The van der Waals surface area contributed by atoms with Crippen LogP contribution in [0.1, 0.15) is 22.3 Å². The number of aromatic hydroxyl groups is 1. The number of allylic oxidation sites excluding steroid dienone is 1. The Balaban J connectivity index is 2.03. The lowest BCUT2D eigenvalue weighted by Crippen LogP contribution is -2.62. The molecule has 1 aromatic carbocycles. The lowest BCUT2D eigenvalue weighted by Gasteiger charge is -2.48. The molecule has 0 spiro atoms. The van der Waals surface area contributed by atoms with Gasteiger partial charge >= 0.3 is 0 Å². The summed E-state index contributed by atoms with van der Waals surface area (Å²) in [6, 6.07) is 2.50. The van der Waals surface area contributed by atoms with Gasteiger partial charge in [-0.25, -0.2) is 0 Å². The molecule has 30 heavy (non-hydrogen) atoms. The van der Waals surface area contributed by atoms with Crippen molar-refractivity contribution in [2.75, 3.05) is 5.73 Å². The van der Waals surface area contributed by atoms with Crippen molar-refractivity contribution in [2.45, 2.75) is 18.1 Å². The van der Waals surface area contributed by atoms with Crippen LogP contribution < -0.4 is 11.5 Å². The fourth-order valence-corrected chi connectivity index (χ4v) is 4.71. The van der Waals surface area contributed by atoms with Crippen molar-refractivity contribution < 1.29 is 39.9 Å². The van der Waals surface area contributed by atoms with E-state index >= 15 is 0 Å². The van der Waals surface area contributed by atoms with E-state index in [1.54, 1.807) is 0 Å². The molecule has 9 N–H and O–H groups in total. The predicted molar refractivity (Wildman–Crippen MR) is 102 cm³/mol. The topological polar surface area (TPSA) is 204 Å². The van der Waals surface area contributed by atoms with E-state index < -0.39 is 75.8 Å². The first kappa shape index (κ1) is 19.7. The highest BCUT2D eigenvalue weighted by Gasteiger charge is 2.63. The second-order valence-electron chi connectivity index (χ2n) is 7.60. The molecule has 0 unspecified atom stereocenters. The molecule has 0 aromatic heterocycles. The summed E-state index contributed by atoms with van der Waals surface area (Å²) in [6.45, 7) is 3.84. The van der Waals surface area contributed by atoms with E-state index in [-0.39, 0.29) is 22.4 Å². The number of hydrogen-bond donors (Lipinski definition) is 7. The standard InChI is InChI=1S/C20H18N2O8/c1-5-10-7(21)2-3-8(23)12(10)16(26)14-11(5)15(25)6-4-9(24)13(19(22)29)17(27)20(6,30)18(14)28/h2-3,6,11,15,23-25,28,30H,1,4,21H2,(H2,22,29)/t6-,11-,15-,20-/m1/s1. The van der Waals surface area contributed by atoms with Gasteiger partial charge in [-0.05, 0) is 17.7 Å². The summed E-state index contributed by atoms with van der Waals surface area (Å²) in [4.78, 5) is 37.6. The fraction of sp³-hybridized carbons (Fsp3) is 0.250. The summed E-state index contributed by atoms with van der Waals surface area (Å²) < 4.78 is 0. The van der Waals surface area contributed by atoms with Crippen LogP contribution in [0, 0.1) is 11.8 Å². The van der Waals surface area contributed by atoms with E-state index in [1.165, 1.54) is 6.07 Å².